The molecule has 1 unspecified atom stereocenters. The van der Waals surface area contributed by atoms with Crippen molar-refractivity contribution in [3.8, 4) is 0 Å². The third-order valence-corrected chi connectivity index (χ3v) is 6.32. The van der Waals surface area contributed by atoms with Crippen molar-refractivity contribution in [1.82, 2.24) is 10.2 Å². The molecule has 1 saturated heterocycles. The molecule has 4 rings (SSSR count). The number of benzene rings is 2. The molecule has 1 aromatic heterocycles. The van der Waals surface area contributed by atoms with Crippen LogP contribution in [-0.2, 0) is 16.0 Å². The first-order chi connectivity index (χ1) is 16.9. The number of thiocarbonyl (C=S) groups is 1. The van der Waals surface area contributed by atoms with Crippen molar-refractivity contribution >= 4 is 46.2 Å². The number of carbonyl (C=O) groups excluding carboxylic acids is 2. The van der Waals surface area contributed by atoms with Gasteiger partial charge in [0.1, 0.15) is 23.0 Å². The molecular weight excluding hydrogens is 460 g/mol. The van der Waals surface area contributed by atoms with E-state index in [4.69, 9.17) is 16.6 Å². The molecule has 35 heavy (non-hydrogen) atoms. The van der Waals surface area contributed by atoms with Crippen LogP contribution in [0.1, 0.15) is 54.7 Å². The quantitative estimate of drug-likeness (QED) is 0.145. The molecular formula is C28H28N2O4S. The highest BCUT2D eigenvalue weighted by atomic mass is 32.1. The third-order valence-electron chi connectivity index (χ3n) is 6.00. The zero-order chi connectivity index (χ0) is 24.9. The van der Waals surface area contributed by atoms with Crippen molar-refractivity contribution < 1.29 is 19.1 Å². The number of nitrogens with one attached hydrogen (secondary N) is 1. The molecule has 0 spiro atoms. The minimum atomic E-state index is -0.895. The number of nitrogens with zero attached hydrogens (tertiary/aromatic N) is 1. The summed E-state index contributed by atoms with van der Waals surface area (Å²) in [6, 6.07) is 15.1. The van der Waals surface area contributed by atoms with Gasteiger partial charge in [0.05, 0.1) is 0 Å². The number of fused-ring (bicyclic) bond motifs is 1. The van der Waals surface area contributed by atoms with E-state index in [2.05, 4.69) is 31.0 Å². The molecule has 1 atom stereocenters. The Labute approximate surface area is 209 Å². The van der Waals surface area contributed by atoms with Gasteiger partial charge in [-0.15, -0.1) is 6.58 Å². The molecule has 1 aliphatic heterocycles. The fourth-order valence-electron chi connectivity index (χ4n) is 4.07. The Morgan fingerprint density at radius 3 is 2.63 bits per heavy atom. The summed E-state index contributed by atoms with van der Waals surface area (Å²) in [5.74, 6) is -0.584. The molecule has 0 radical (unpaired) electrons. The van der Waals surface area contributed by atoms with Crippen LogP contribution < -0.4 is 5.32 Å². The smallest absolute Gasteiger partial charge is 0.265 e. The predicted octanol–water partition coefficient (Wildman–Crippen LogP) is 5.06. The van der Waals surface area contributed by atoms with Crippen molar-refractivity contribution in [3.05, 3.63) is 89.2 Å². The lowest BCUT2D eigenvalue weighted by atomic mass is 10.0. The first-order valence-electron chi connectivity index (χ1n) is 11.7. The molecule has 1 aliphatic rings. The van der Waals surface area contributed by atoms with Crippen molar-refractivity contribution in [2.75, 3.05) is 6.54 Å². The van der Waals surface area contributed by atoms with Gasteiger partial charge in [-0.2, -0.15) is 0 Å². The number of aliphatic hydroxyl groups is 1. The van der Waals surface area contributed by atoms with Crippen molar-refractivity contribution in [1.29, 1.82) is 0 Å². The van der Waals surface area contributed by atoms with Crippen molar-refractivity contribution in [2.45, 2.75) is 38.7 Å². The summed E-state index contributed by atoms with van der Waals surface area (Å²) < 4.78 is 5.89. The maximum Gasteiger partial charge on any atom is 0.265 e. The number of furan rings is 1. The second-order valence-corrected chi connectivity index (χ2v) is 8.96. The van der Waals surface area contributed by atoms with Gasteiger partial charge in [-0.25, -0.2) is 0 Å². The van der Waals surface area contributed by atoms with E-state index in [9.17, 15) is 14.7 Å². The van der Waals surface area contributed by atoms with Gasteiger partial charge < -0.3 is 9.52 Å². The van der Waals surface area contributed by atoms with Gasteiger partial charge in [0.15, 0.2) is 5.11 Å². The number of carbonyl (C=O) groups is 2. The average Bonchev–Trinajstić information content (AvgIpc) is 3.28. The minimum Gasteiger partial charge on any atom is -0.458 e. The molecule has 0 aliphatic carbocycles. The number of aryl methyl sites for hydroxylation is 1. The first kappa shape index (κ1) is 24.6. The van der Waals surface area contributed by atoms with E-state index >= 15 is 0 Å². The molecule has 3 aromatic rings. The lowest BCUT2D eigenvalue weighted by Gasteiger charge is -2.27. The molecule has 180 valence electrons. The fourth-order valence-corrected chi connectivity index (χ4v) is 4.32. The normalized spacial score (nSPS) is 16.1. The maximum atomic E-state index is 12.8. The number of hydrogen-bond acceptors (Lipinski definition) is 5. The standard InChI is InChI=1S/C28H28N2O4S/c1-3-5-6-7-18-8-11-20(12-9-18)25(31)24-17-21-15-19(10-13-23(21)34-24)16-22-26(32)29-28(35)30(14-4-2)27(22)33/h4,8-13,15-17,25,31H,2-3,5-7,14H2,1H3,(H,29,32,35)/b22-16-. The van der Waals surface area contributed by atoms with E-state index in [1.54, 1.807) is 24.3 Å². The van der Waals surface area contributed by atoms with Crippen LogP contribution in [0.25, 0.3) is 17.0 Å². The lowest BCUT2D eigenvalue weighted by Crippen LogP contribution is -2.53. The van der Waals surface area contributed by atoms with Crippen LogP contribution in [0, 0.1) is 0 Å². The summed E-state index contributed by atoms with van der Waals surface area (Å²) in [7, 11) is 0. The highest BCUT2D eigenvalue weighted by Gasteiger charge is 2.32. The van der Waals surface area contributed by atoms with E-state index < -0.39 is 17.9 Å². The van der Waals surface area contributed by atoms with Gasteiger partial charge in [-0.1, -0.05) is 56.2 Å². The largest absolute Gasteiger partial charge is 0.458 e. The topological polar surface area (TPSA) is 82.8 Å². The third kappa shape index (κ3) is 5.42. The minimum absolute atomic E-state index is 0.0115. The Hall–Kier alpha value is -3.55. The molecule has 1 fully saturated rings. The van der Waals surface area contributed by atoms with Gasteiger partial charge in [-0.3, -0.25) is 19.8 Å². The van der Waals surface area contributed by atoms with Gasteiger partial charge in [-0.05, 0) is 66.0 Å². The van der Waals surface area contributed by atoms with E-state index in [-0.39, 0.29) is 17.2 Å². The van der Waals surface area contributed by atoms with Gasteiger partial charge in [0.25, 0.3) is 11.8 Å². The molecule has 6 nitrogen and oxygen atoms in total. The Morgan fingerprint density at radius 1 is 1.14 bits per heavy atom. The second-order valence-electron chi connectivity index (χ2n) is 8.57. The highest BCUT2D eigenvalue weighted by Crippen LogP contribution is 2.30. The molecule has 2 amide bonds. The fraction of sp³-hybridized carbons (Fsp3) is 0.250. The van der Waals surface area contributed by atoms with E-state index in [0.29, 0.717) is 16.9 Å². The highest BCUT2D eigenvalue weighted by molar-refractivity contribution is 7.80. The summed E-state index contributed by atoms with van der Waals surface area (Å²) in [6.07, 6.45) is 6.76. The monoisotopic (exact) mass is 488 g/mol. The number of aliphatic hydroxyl groups excluding tert-OH is 1. The number of unbranched alkanes of at least 4 members (excludes halogenated alkanes) is 2. The van der Waals surface area contributed by atoms with E-state index in [0.717, 1.165) is 23.8 Å². The lowest BCUT2D eigenvalue weighted by molar-refractivity contribution is -0.128. The molecule has 2 N–H and O–H groups in total. The van der Waals surface area contributed by atoms with Crippen LogP contribution in [0.2, 0.25) is 0 Å². The van der Waals surface area contributed by atoms with Gasteiger partial charge in [0.2, 0.25) is 0 Å². The average molecular weight is 489 g/mol. The predicted molar refractivity (Wildman–Crippen MR) is 141 cm³/mol. The van der Waals surface area contributed by atoms with Crippen LogP contribution in [0.5, 0.6) is 0 Å². The molecule has 2 heterocycles. The number of hydrogen-bond donors (Lipinski definition) is 2. The summed E-state index contributed by atoms with van der Waals surface area (Å²) in [5.41, 5.74) is 3.26. The van der Waals surface area contributed by atoms with Crippen molar-refractivity contribution in [3.63, 3.8) is 0 Å². The second kappa shape index (κ2) is 10.8. The molecule has 7 heteroatoms. The van der Waals surface area contributed by atoms with Crippen LogP contribution in [0.3, 0.4) is 0 Å². The number of rotatable bonds is 9. The zero-order valence-corrected chi connectivity index (χ0v) is 20.4. The van der Waals surface area contributed by atoms with E-state index in [1.165, 1.54) is 29.4 Å². The Balaban J connectivity index is 1.55. The summed E-state index contributed by atoms with van der Waals surface area (Å²) >= 11 is 5.09. The first-order valence-corrected chi connectivity index (χ1v) is 12.1. The van der Waals surface area contributed by atoms with Gasteiger partial charge in [0, 0.05) is 11.9 Å². The Kier molecular flexibility index (Phi) is 7.58. The Morgan fingerprint density at radius 2 is 1.91 bits per heavy atom. The summed E-state index contributed by atoms with van der Waals surface area (Å²) in [4.78, 5) is 26.4. The number of amides is 2. The van der Waals surface area contributed by atoms with Crippen LogP contribution >= 0.6 is 12.2 Å². The Bertz CT molecular complexity index is 1310. The van der Waals surface area contributed by atoms with E-state index in [1.807, 2.05) is 18.2 Å². The zero-order valence-electron chi connectivity index (χ0n) is 19.6. The maximum absolute atomic E-state index is 12.8. The van der Waals surface area contributed by atoms with Crippen LogP contribution in [0.15, 0.2) is 71.2 Å². The summed E-state index contributed by atoms with van der Waals surface area (Å²) in [5, 5.41) is 14.2. The van der Waals surface area contributed by atoms with Gasteiger partial charge >= 0.3 is 0 Å². The SMILES string of the molecule is C=CCN1C(=O)/C(=C\c2ccc3oc(C(O)c4ccc(CCCCC)cc4)cc3c2)C(=O)NC1=S. The van der Waals surface area contributed by atoms with Crippen molar-refractivity contribution in [2.24, 2.45) is 0 Å². The molecule has 0 saturated carbocycles. The van der Waals surface area contributed by atoms with Crippen LogP contribution in [-0.4, -0.2) is 33.5 Å². The van der Waals surface area contributed by atoms with Crippen LogP contribution in [0.4, 0.5) is 0 Å². The summed E-state index contributed by atoms with van der Waals surface area (Å²) in [6.45, 7) is 6.02. The molecule has 0 bridgehead atoms. The molecule has 2 aromatic carbocycles.